The molecular weight excluding hydrogens is 692 g/mol. The summed E-state index contributed by atoms with van der Waals surface area (Å²) in [6.07, 6.45) is 5.78. The molecule has 2 heterocycles. The van der Waals surface area contributed by atoms with Gasteiger partial charge in [-0.05, 0) is 56.2 Å². The summed E-state index contributed by atoms with van der Waals surface area (Å²) in [5.74, 6) is -5.50. The Bertz CT molecular complexity index is 1620. The Labute approximate surface area is 306 Å². The molecule has 17 nitrogen and oxygen atoms in total. The highest BCUT2D eigenvalue weighted by Crippen LogP contribution is 2.26. The van der Waals surface area contributed by atoms with Gasteiger partial charge < -0.3 is 31.9 Å². The van der Waals surface area contributed by atoms with Crippen molar-refractivity contribution < 1.29 is 53.4 Å². The fourth-order valence-electron chi connectivity index (χ4n) is 5.64. The highest BCUT2D eigenvalue weighted by Gasteiger charge is 2.26. The molecule has 2 aliphatic rings. The number of rotatable bonds is 23. The van der Waals surface area contributed by atoms with Crippen LogP contribution in [-0.2, 0) is 49.6 Å². The van der Waals surface area contributed by atoms with Gasteiger partial charge in [-0.2, -0.15) is 0 Å². The van der Waals surface area contributed by atoms with Crippen molar-refractivity contribution >= 4 is 58.8 Å². The molecule has 0 radical (unpaired) electrons. The third kappa shape index (κ3) is 13.7. The van der Waals surface area contributed by atoms with Crippen molar-refractivity contribution in [2.45, 2.75) is 83.2 Å². The zero-order valence-electron chi connectivity index (χ0n) is 29.5. The number of Topliss-reactive ketones (excluding diaryl/α,β-unsaturated/α-hetero) is 1. The summed E-state index contributed by atoms with van der Waals surface area (Å²) in [7, 11) is 0. The molecule has 3 rings (SSSR count). The van der Waals surface area contributed by atoms with Crippen LogP contribution < -0.4 is 21.7 Å². The quantitative estimate of drug-likeness (QED) is 0.0508. The van der Waals surface area contributed by atoms with Gasteiger partial charge in [-0.25, -0.2) is 0 Å². The van der Waals surface area contributed by atoms with E-state index in [0.717, 1.165) is 34.1 Å². The summed E-state index contributed by atoms with van der Waals surface area (Å²) in [5, 5.41) is 27.2. The topological polar surface area (TPSA) is 263 Å². The number of phenolic OH excluding ortho intramolecular Hbond substituents is 1. The second-order valence-corrected chi connectivity index (χ2v) is 13.0. The van der Waals surface area contributed by atoms with Gasteiger partial charge in [-0.3, -0.25) is 53.0 Å². The minimum absolute atomic E-state index is 0.000685. The van der Waals surface area contributed by atoms with Crippen molar-refractivity contribution in [3.8, 4) is 5.75 Å². The maximum Gasteiger partial charge on any atom is 0.306 e. The molecule has 1 aromatic rings. The van der Waals surface area contributed by atoms with Crippen molar-refractivity contribution in [3.05, 3.63) is 48.1 Å². The first-order valence-corrected chi connectivity index (χ1v) is 17.4. The fourth-order valence-corrected chi connectivity index (χ4v) is 5.64. The normalized spacial score (nSPS) is 15.4. The minimum atomic E-state index is -1.12. The van der Waals surface area contributed by atoms with E-state index in [1.165, 1.54) is 6.07 Å². The molecule has 7 amide bonds. The Morgan fingerprint density at radius 2 is 1.28 bits per heavy atom. The van der Waals surface area contributed by atoms with Crippen LogP contribution in [0.25, 0.3) is 0 Å². The number of nitrogens with one attached hydrogen (secondary N) is 3. The number of hydrogen-bond donors (Lipinski definition) is 6. The van der Waals surface area contributed by atoms with Gasteiger partial charge in [0.15, 0.2) is 5.78 Å². The Hall–Kier alpha value is -5.71. The lowest BCUT2D eigenvalue weighted by atomic mass is 9.96. The molecule has 3 atom stereocenters. The largest absolute Gasteiger partial charge is 0.506 e. The molecule has 0 aliphatic carbocycles. The predicted octanol–water partition coefficient (Wildman–Crippen LogP) is 0.452. The number of nitrogens with two attached hydrogens (primary N) is 1. The van der Waals surface area contributed by atoms with E-state index in [1.54, 1.807) is 19.1 Å². The number of phenols is 1. The third-order valence-corrected chi connectivity index (χ3v) is 8.59. The van der Waals surface area contributed by atoms with Gasteiger partial charge in [0.2, 0.25) is 17.7 Å². The van der Waals surface area contributed by atoms with Gasteiger partial charge >= 0.3 is 5.97 Å². The van der Waals surface area contributed by atoms with Gasteiger partial charge in [-0.15, -0.1) is 0 Å². The molecule has 17 heteroatoms. The lowest BCUT2D eigenvalue weighted by Gasteiger charge is -2.19. The molecule has 1 aromatic carbocycles. The number of anilines is 1. The number of carboxylic acids is 1. The maximum absolute atomic E-state index is 13.2. The number of amides is 7. The van der Waals surface area contributed by atoms with Crippen LogP contribution in [0.2, 0.25) is 0 Å². The van der Waals surface area contributed by atoms with E-state index in [-0.39, 0.29) is 88.9 Å². The van der Waals surface area contributed by atoms with Gasteiger partial charge in [0.05, 0.1) is 11.6 Å². The smallest absolute Gasteiger partial charge is 0.306 e. The van der Waals surface area contributed by atoms with Gasteiger partial charge in [0.25, 0.3) is 23.6 Å². The van der Waals surface area contributed by atoms with E-state index in [0.29, 0.717) is 12.0 Å². The van der Waals surface area contributed by atoms with Gasteiger partial charge in [-0.1, -0.05) is 13.0 Å². The number of aliphatic carboxylic acids is 1. The molecule has 0 saturated carbocycles. The molecule has 0 aromatic heterocycles. The molecule has 286 valence electrons. The molecule has 2 aliphatic heterocycles. The van der Waals surface area contributed by atoms with Crippen LogP contribution in [0.15, 0.2) is 42.5 Å². The van der Waals surface area contributed by atoms with Crippen molar-refractivity contribution in [2.24, 2.45) is 11.7 Å². The Morgan fingerprint density at radius 3 is 1.85 bits per heavy atom. The lowest BCUT2D eigenvalue weighted by molar-refractivity contribution is -0.141. The molecule has 0 bridgehead atoms. The summed E-state index contributed by atoms with van der Waals surface area (Å²) < 4.78 is 0. The number of benzene rings is 1. The van der Waals surface area contributed by atoms with E-state index in [9.17, 15) is 48.3 Å². The van der Waals surface area contributed by atoms with Crippen LogP contribution in [0.3, 0.4) is 0 Å². The molecule has 1 unspecified atom stereocenters. The number of hydrogen-bond acceptors (Lipinski definition) is 11. The van der Waals surface area contributed by atoms with E-state index in [1.807, 2.05) is 0 Å². The second-order valence-electron chi connectivity index (χ2n) is 13.0. The first-order chi connectivity index (χ1) is 25.1. The number of aromatic hydroxyl groups is 1. The van der Waals surface area contributed by atoms with E-state index in [4.69, 9.17) is 10.8 Å². The number of carboxylic acid groups (broad SMARTS) is 1. The summed E-state index contributed by atoms with van der Waals surface area (Å²) >= 11 is 0. The first-order valence-electron chi connectivity index (χ1n) is 17.4. The van der Waals surface area contributed by atoms with Gasteiger partial charge in [0, 0.05) is 75.7 Å². The van der Waals surface area contributed by atoms with E-state index in [2.05, 4.69) is 16.0 Å². The molecule has 0 fully saturated rings. The van der Waals surface area contributed by atoms with Gasteiger partial charge in [0.1, 0.15) is 11.8 Å². The van der Waals surface area contributed by atoms with Crippen molar-refractivity contribution in [1.82, 2.24) is 20.4 Å². The van der Waals surface area contributed by atoms with Crippen LogP contribution in [0.1, 0.15) is 70.3 Å². The van der Waals surface area contributed by atoms with Crippen molar-refractivity contribution in [3.63, 3.8) is 0 Å². The number of carbonyl (C=O) groups is 9. The maximum atomic E-state index is 13.2. The number of ketones is 1. The zero-order chi connectivity index (χ0) is 39.1. The number of unbranched alkanes of at least 4 members (excludes halogenated alkanes) is 1. The molecule has 7 N–H and O–H groups in total. The lowest BCUT2D eigenvalue weighted by Crippen LogP contribution is -2.48. The predicted molar refractivity (Wildman–Crippen MR) is 188 cm³/mol. The van der Waals surface area contributed by atoms with Crippen molar-refractivity contribution in [1.29, 1.82) is 0 Å². The monoisotopic (exact) mass is 738 g/mol. The molecule has 0 spiro atoms. The Kier molecular flexibility index (Phi) is 16.0. The van der Waals surface area contributed by atoms with Crippen LogP contribution in [0.4, 0.5) is 5.69 Å². The Morgan fingerprint density at radius 1 is 0.755 bits per heavy atom. The van der Waals surface area contributed by atoms with E-state index < -0.39 is 71.1 Å². The summed E-state index contributed by atoms with van der Waals surface area (Å²) in [6, 6.07) is 3.02. The SMILES string of the molecule is CC(C[C@@H](N)Cc1ccc(O)c(NC(=O)CCCCC(=O)[C@H](CNC(=O)CCCN2C(=O)C=CC2=O)NC(=O)CCCN2C(=O)C=CC2=O)c1)C(=O)O. The average molecular weight is 739 g/mol. The van der Waals surface area contributed by atoms with Crippen LogP contribution in [0.5, 0.6) is 5.75 Å². The molecular formula is C36H46N6O11. The standard InChI is InChI=1S/C36H46N6O11/c1-22(36(52)53)18-24(37)19-23-10-11-28(44)25(20-23)39-30(46)7-3-2-6-27(43)26(40-31(47)9-5-17-42-34(50)14-15-35(42)51)21-38-29(45)8-4-16-41-32(48)12-13-33(41)49/h10-15,20,22,24,26,44H,2-9,16-19,21,37H2,1H3,(H,38,45)(H,39,46)(H,40,47)(H,52,53)/t22?,24-,26+/m1/s1. The second kappa shape index (κ2) is 20.4. The van der Waals surface area contributed by atoms with E-state index >= 15 is 0 Å². The fraction of sp³-hybridized carbons (Fsp3) is 0.472. The van der Waals surface area contributed by atoms with Crippen molar-refractivity contribution in [2.75, 3.05) is 25.0 Å². The summed E-state index contributed by atoms with van der Waals surface area (Å²) in [4.78, 5) is 111. The third-order valence-electron chi connectivity index (χ3n) is 8.59. The van der Waals surface area contributed by atoms with Crippen LogP contribution in [0, 0.1) is 5.92 Å². The highest BCUT2D eigenvalue weighted by atomic mass is 16.4. The van der Waals surface area contributed by atoms with Crippen LogP contribution in [-0.4, -0.2) is 105 Å². The number of nitrogens with zero attached hydrogens (tertiary/aromatic N) is 2. The van der Waals surface area contributed by atoms with Crippen LogP contribution >= 0.6 is 0 Å². The molecule has 53 heavy (non-hydrogen) atoms. The first kappa shape index (κ1) is 41.7. The Balaban J connectivity index is 1.48. The number of imide groups is 2. The number of carbonyl (C=O) groups excluding carboxylic acids is 8. The summed E-state index contributed by atoms with van der Waals surface area (Å²) in [5.41, 5.74) is 6.94. The zero-order valence-corrected chi connectivity index (χ0v) is 29.5. The minimum Gasteiger partial charge on any atom is -0.506 e. The summed E-state index contributed by atoms with van der Waals surface area (Å²) in [6.45, 7) is 1.37. The highest BCUT2D eigenvalue weighted by molar-refractivity contribution is 6.13. The molecule has 0 saturated heterocycles. The average Bonchev–Trinajstić information content (AvgIpc) is 3.60.